The third-order valence-corrected chi connectivity index (χ3v) is 2.47. The van der Waals surface area contributed by atoms with Crippen molar-refractivity contribution >= 4 is 18.3 Å². The molecule has 0 aromatic rings. The van der Waals surface area contributed by atoms with Crippen LogP contribution in [-0.2, 0) is 9.53 Å². The normalized spacial score (nSPS) is 16.9. The molecule has 1 amide bonds. The first-order valence-corrected chi connectivity index (χ1v) is 5.41. The molecule has 0 heterocycles. The van der Waals surface area contributed by atoms with Crippen molar-refractivity contribution < 1.29 is 9.53 Å². The lowest BCUT2D eigenvalue weighted by molar-refractivity contribution is -0.128. The van der Waals surface area contributed by atoms with Crippen LogP contribution in [0.25, 0.3) is 0 Å². The summed E-state index contributed by atoms with van der Waals surface area (Å²) in [5, 5.41) is 2.68. The number of nitrogens with one attached hydrogen (secondary N) is 1. The van der Waals surface area contributed by atoms with Crippen LogP contribution < -0.4 is 11.1 Å². The Bertz CT molecular complexity index is 173. The number of amides is 1. The smallest absolute Gasteiger partial charge is 0.246 e. The van der Waals surface area contributed by atoms with E-state index in [0.717, 1.165) is 12.8 Å². The minimum absolute atomic E-state index is 0. The maximum Gasteiger partial charge on any atom is 0.246 e. The fraction of sp³-hybridized carbons (Fsp3) is 0.900. The summed E-state index contributed by atoms with van der Waals surface area (Å²) in [6.07, 6.45) is 6.27. The van der Waals surface area contributed by atoms with Gasteiger partial charge in [-0.2, -0.15) is 0 Å². The Kier molecular flexibility index (Phi) is 8.76. The Balaban J connectivity index is 0.00000196. The first-order valence-electron chi connectivity index (χ1n) is 5.41. The van der Waals surface area contributed by atoms with Crippen LogP contribution in [0.2, 0.25) is 0 Å². The predicted molar refractivity (Wildman–Crippen MR) is 62.1 cm³/mol. The van der Waals surface area contributed by atoms with E-state index in [4.69, 9.17) is 10.5 Å². The molecule has 0 aliphatic heterocycles. The monoisotopic (exact) mass is 236 g/mol. The number of carbonyl (C=O) groups is 1. The molecule has 0 unspecified atom stereocenters. The van der Waals surface area contributed by atoms with Crippen LogP contribution in [0, 0.1) is 0 Å². The Morgan fingerprint density at radius 2 is 2.00 bits per heavy atom. The molecule has 4 nitrogen and oxygen atoms in total. The average molecular weight is 237 g/mol. The van der Waals surface area contributed by atoms with Gasteiger partial charge in [0.1, 0.15) is 6.61 Å². The van der Waals surface area contributed by atoms with Crippen molar-refractivity contribution in [3.8, 4) is 0 Å². The van der Waals surface area contributed by atoms with Crippen LogP contribution in [0.3, 0.4) is 0 Å². The van der Waals surface area contributed by atoms with Crippen molar-refractivity contribution in [1.82, 2.24) is 5.32 Å². The second-order valence-electron chi connectivity index (χ2n) is 3.71. The van der Waals surface area contributed by atoms with E-state index in [-0.39, 0.29) is 24.9 Å². The summed E-state index contributed by atoms with van der Waals surface area (Å²) >= 11 is 0. The minimum Gasteiger partial charge on any atom is -0.368 e. The number of carbonyl (C=O) groups excluding carboxylic acids is 1. The van der Waals surface area contributed by atoms with Crippen LogP contribution >= 0.6 is 12.4 Å². The molecule has 90 valence electrons. The number of hydrogen-bond acceptors (Lipinski definition) is 3. The zero-order chi connectivity index (χ0) is 10.2. The van der Waals surface area contributed by atoms with Crippen molar-refractivity contribution in [2.75, 3.05) is 19.7 Å². The van der Waals surface area contributed by atoms with Gasteiger partial charge < -0.3 is 15.8 Å². The quantitative estimate of drug-likeness (QED) is 0.743. The van der Waals surface area contributed by atoms with Gasteiger partial charge in [0, 0.05) is 13.1 Å². The molecule has 1 aliphatic rings. The zero-order valence-corrected chi connectivity index (χ0v) is 9.85. The van der Waals surface area contributed by atoms with Gasteiger partial charge in [0.05, 0.1) is 6.10 Å². The first kappa shape index (κ1) is 14.7. The molecule has 0 spiro atoms. The summed E-state index contributed by atoms with van der Waals surface area (Å²) < 4.78 is 5.49. The highest BCUT2D eigenvalue weighted by Gasteiger charge is 2.14. The summed E-state index contributed by atoms with van der Waals surface area (Å²) in [5.41, 5.74) is 5.26. The van der Waals surface area contributed by atoms with Crippen LogP contribution in [0.1, 0.15) is 32.1 Å². The predicted octanol–water partition coefficient (Wildman–Crippen LogP) is 0.832. The van der Waals surface area contributed by atoms with E-state index in [0.29, 0.717) is 19.2 Å². The Hall–Kier alpha value is -0.320. The topological polar surface area (TPSA) is 64.3 Å². The lowest BCUT2D eigenvalue weighted by atomic mass is 9.98. The molecule has 3 N–H and O–H groups in total. The first-order chi connectivity index (χ1) is 6.83. The molecular weight excluding hydrogens is 216 g/mol. The fourth-order valence-electron chi connectivity index (χ4n) is 1.69. The molecular formula is C10H21ClN2O2. The Labute approximate surface area is 97.3 Å². The summed E-state index contributed by atoms with van der Waals surface area (Å²) in [6.45, 7) is 1.20. The summed E-state index contributed by atoms with van der Waals surface area (Å²) in [6, 6.07) is 0. The van der Waals surface area contributed by atoms with E-state index < -0.39 is 0 Å². The molecule has 1 rings (SSSR count). The van der Waals surface area contributed by atoms with E-state index in [9.17, 15) is 4.79 Å². The largest absolute Gasteiger partial charge is 0.368 e. The number of hydrogen-bond donors (Lipinski definition) is 2. The highest BCUT2D eigenvalue weighted by molar-refractivity contribution is 5.85. The highest BCUT2D eigenvalue weighted by atomic mass is 35.5. The summed E-state index contributed by atoms with van der Waals surface area (Å²) in [7, 11) is 0. The standard InChI is InChI=1S/C10H20N2O2.ClH/c11-6-7-12-10(13)8-14-9-4-2-1-3-5-9;/h9H,1-8,11H2,(H,12,13);1H. The molecule has 0 bridgehead atoms. The maximum atomic E-state index is 11.2. The van der Waals surface area contributed by atoms with Crippen LogP contribution in [0.5, 0.6) is 0 Å². The highest BCUT2D eigenvalue weighted by Crippen LogP contribution is 2.19. The molecule has 0 radical (unpaired) electrons. The van der Waals surface area contributed by atoms with E-state index in [2.05, 4.69) is 5.32 Å². The van der Waals surface area contributed by atoms with Gasteiger partial charge in [0.2, 0.25) is 5.91 Å². The molecule has 0 atom stereocenters. The van der Waals surface area contributed by atoms with Crippen molar-refractivity contribution in [2.45, 2.75) is 38.2 Å². The van der Waals surface area contributed by atoms with Gasteiger partial charge in [0.15, 0.2) is 0 Å². The molecule has 0 saturated heterocycles. The molecule has 1 aliphatic carbocycles. The summed E-state index contributed by atoms with van der Waals surface area (Å²) in [5.74, 6) is -0.0546. The van der Waals surface area contributed by atoms with Gasteiger partial charge >= 0.3 is 0 Å². The second-order valence-corrected chi connectivity index (χ2v) is 3.71. The van der Waals surface area contributed by atoms with Gasteiger partial charge in [-0.25, -0.2) is 0 Å². The number of ether oxygens (including phenoxy) is 1. The van der Waals surface area contributed by atoms with Gasteiger partial charge in [0.25, 0.3) is 0 Å². The van der Waals surface area contributed by atoms with Crippen LogP contribution in [-0.4, -0.2) is 31.7 Å². The van der Waals surface area contributed by atoms with Gasteiger partial charge in [-0.1, -0.05) is 19.3 Å². The molecule has 0 aromatic carbocycles. The molecule has 5 heteroatoms. The third kappa shape index (κ3) is 6.71. The van der Waals surface area contributed by atoms with E-state index >= 15 is 0 Å². The van der Waals surface area contributed by atoms with E-state index in [1.807, 2.05) is 0 Å². The maximum absolute atomic E-state index is 11.2. The second kappa shape index (κ2) is 8.95. The van der Waals surface area contributed by atoms with E-state index in [1.165, 1.54) is 19.3 Å². The number of nitrogens with two attached hydrogens (primary N) is 1. The van der Waals surface area contributed by atoms with Crippen LogP contribution in [0.4, 0.5) is 0 Å². The minimum atomic E-state index is -0.0546. The molecule has 1 fully saturated rings. The van der Waals surface area contributed by atoms with Gasteiger partial charge in [-0.3, -0.25) is 4.79 Å². The number of halogens is 1. The summed E-state index contributed by atoms with van der Waals surface area (Å²) in [4.78, 5) is 11.2. The zero-order valence-electron chi connectivity index (χ0n) is 9.04. The van der Waals surface area contributed by atoms with Crippen LogP contribution in [0.15, 0.2) is 0 Å². The fourth-order valence-corrected chi connectivity index (χ4v) is 1.69. The molecule has 15 heavy (non-hydrogen) atoms. The Morgan fingerprint density at radius 1 is 1.33 bits per heavy atom. The number of rotatable bonds is 5. The average Bonchev–Trinajstić information content (AvgIpc) is 2.25. The Morgan fingerprint density at radius 3 is 2.60 bits per heavy atom. The lowest BCUT2D eigenvalue weighted by Gasteiger charge is -2.21. The van der Waals surface area contributed by atoms with Crippen molar-refractivity contribution in [2.24, 2.45) is 5.73 Å². The van der Waals surface area contributed by atoms with E-state index in [1.54, 1.807) is 0 Å². The van der Waals surface area contributed by atoms with Gasteiger partial charge in [-0.05, 0) is 12.8 Å². The van der Waals surface area contributed by atoms with Gasteiger partial charge in [-0.15, -0.1) is 12.4 Å². The SMILES string of the molecule is Cl.NCCNC(=O)COC1CCCCC1. The van der Waals surface area contributed by atoms with Crippen molar-refractivity contribution in [3.05, 3.63) is 0 Å². The molecule has 1 saturated carbocycles. The molecule has 0 aromatic heterocycles. The van der Waals surface area contributed by atoms with Crippen molar-refractivity contribution in [1.29, 1.82) is 0 Å². The van der Waals surface area contributed by atoms with Crippen molar-refractivity contribution in [3.63, 3.8) is 0 Å². The lowest BCUT2D eigenvalue weighted by Crippen LogP contribution is -2.33. The third-order valence-electron chi connectivity index (χ3n) is 2.47.